The van der Waals surface area contributed by atoms with Gasteiger partial charge >= 0.3 is 0 Å². The quantitative estimate of drug-likeness (QED) is 0.362. The van der Waals surface area contributed by atoms with Crippen LogP contribution in [-0.2, 0) is 16.6 Å². The number of nitrogens with zero attached hydrogens (tertiary/aromatic N) is 3. The molecule has 0 bridgehead atoms. The molecule has 0 aliphatic carbocycles. The Hall–Kier alpha value is -2.34. The second kappa shape index (κ2) is 8.80. The molecule has 4 aromatic rings. The number of ether oxygens (including phenoxy) is 1. The fourth-order valence-corrected chi connectivity index (χ4v) is 5.73. The predicted molar refractivity (Wildman–Crippen MR) is 121 cm³/mol. The SMILES string of the molecule is Cc1nc(-c2ccc(S(=O)(=O)Nc3ncc(Br)nc3OCc3ccccc3)s2)cs1. The van der Waals surface area contributed by atoms with Crippen molar-refractivity contribution in [2.75, 3.05) is 4.72 Å². The van der Waals surface area contributed by atoms with Crippen molar-refractivity contribution >= 4 is 54.4 Å². The van der Waals surface area contributed by atoms with Gasteiger partial charge in [-0.2, -0.15) is 0 Å². The summed E-state index contributed by atoms with van der Waals surface area (Å²) in [6.45, 7) is 2.14. The Balaban J connectivity index is 1.56. The lowest BCUT2D eigenvalue weighted by Crippen LogP contribution is -2.14. The van der Waals surface area contributed by atoms with E-state index in [1.54, 1.807) is 12.1 Å². The van der Waals surface area contributed by atoms with Crippen molar-refractivity contribution in [1.29, 1.82) is 0 Å². The Morgan fingerprint density at radius 2 is 1.93 bits per heavy atom. The number of nitrogens with one attached hydrogen (secondary N) is 1. The van der Waals surface area contributed by atoms with Crippen LogP contribution >= 0.6 is 38.6 Å². The Bertz CT molecular complexity index is 1270. The summed E-state index contributed by atoms with van der Waals surface area (Å²) >= 11 is 5.90. The number of anilines is 1. The molecule has 0 fully saturated rings. The lowest BCUT2D eigenvalue weighted by Gasteiger charge is -2.11. The molecule has 1 aromatic carbocycles. The molecular formula is C19H15BrN4O3S3. The van der Waals surface area contributed by atoms with Crippen molar-refractivity contribution in [2.24, 2.45) is 0 Å². The molecular weight excluding hydrogens is 508 g/mol. The maximum atomic E-state index is 12.9. The highest BCUT2D eigenvalue weighted by molar-refractivity contribution is 9.10. The van der Waals surface area contributed by atoms with Gasteiger partial charge in [-0.3, -0.25) is 4.72 Å². The van der Waals surface area contributed by atoms with Crippen LogP contribution in [0, 0.1) is 6.92 Å². The van der Waals surface area contributed by atoms with E-state index in [9.17, 15) is 8.42 Å². The van der Waals surface area contributed by atoms with Gasteiger partial charge in [-0.15, -0.1) is 22.7 Å². The second-order valence-corrected chi connectivity index (χ2v) is 11.0. The summed E-state index contributed by atoms with van der Waals surface area (Å²) in [5.74, 6) is 0.109. The van der Waals surface area contributed by atoms with Crippen LogP contribution < -0.4 is 9.46 Å². The smallest absolute Gasteiger partial charge is 0.272 e. The van der Waals surface area contributed by atoms with Crippen LogP contribution in [0.25, 0.3) is 10.6 Å². The van der Waals surface area contributed by atoms with Crippen LogP contribution in [0.4, 0.5) is 5.82 Å². The maximum Gasteiger partial charge on any atom is 0.272 e. The fraction of sp³-hybridized carbons (Fsp3) is 0.105. The maximum absolute atomic E-state index is 12.9. The van der Waals surface area contributed by atoms with Crippen LogP contribution in [0.2, 0.25) is 0 Å². The molecule has 0 spiro atoms. The molecule has 0 amide bonds. The molecule has 11 heteroatoms. The van der Waals surface area contributed by atoms with Gasteiger partial charge in [0.15, 0.2) is 0 Å². The Morgan fingerprint density at radius 3 is 2.67 bits per heavy atom. The summed E-state index contributed by atoms with van der Waals surface area (Å²) in [7, 11) is -3.87. The topological polar surface area (TPSA) is 94.1 Å². The number of hydrogen-bond donors (Lipinski definition) is 1. The van der Waals surface area contributed by atoms with Gasteiger partial charge in [-0.1, -0.05) is 30.3 Å². The van der Waals surface area contributed by atoms with E-state index in [1.807, 2.05) is 42.6 Å². The van der Waals surface area contributed by atoms with Crippen LogP contribution in [0.1, 0.15) is 10.6 Å². The Labute approximate surface area is 190 Å². The monoisotopic (exact) mass is 522 g/mol. The summed E-state index contributed by atoms with van der Waals surface area (Å²) in [5, 5.41) is 2.83. The number of sulfonamides is 1. The highest BCUT2D eigenvalue weighted by Crippen LogP contribution is 2.33. The summed E-state index contributed by atoms with van der Waals surface area (Å²) < 4.78 is 34.6. The molecule has 7 nitrogen and oxygen atoms in total. The summed E-state index contributed by atoms with van der Waals surface area (Å²) in [4.78, 5) is 13.5. The number of aromatic nitrogens is 3. The largest absolute Gasteiger partial charge is 0.470 e. The molecule has 0 saturated heterocycles. The van der Waals surface area contributed by atoms with Crippen molar-refractivity contribution in [2.45, 2.75) is 17.7 Å². The molecule has 0 saturated carbocycles. The van der Waals surface area contributed by atoms with E-state index in [1.165, 1.54) is 17.5 Å². The van der Waals surface area contributed by atoms with Gasteiger partial charge in [-0.25, -0.2) is 23.4 Å². The van der Waals surface area contributed by atoms with Gasteiger partial charge in [0.25, 0.3) is 15.9 Å². The number of rotatable bonds is 7. The highest BCUT2D eigenvalue weighted by atomic mass is 79.9. The van der Waals surface area contributed by atoms with E-state index in [4.69, 9.17) is 4.74 Å². The van der Waals surface area contributed by atoms with Crippen LogP contribution in [0.5, 0.6) is 5.88 Å². The number of thiazole rings is 1. The van der Waals surface area contributed by atoms with Gasteiger partial charge in [0.05, 0.1) is 21.8 Å². The van der Waals surface area contributed by atoms with Crippen molar-refractivity contribution in [1.82, 2.24) is 15.0 Å². The minimum absolute atomic E-state index is 0.0218. The van der Waals surface area contributed by atoms with E-state index in [0.717, 1.165) is 32.5 Å². The number of aryl methyl sites for hydroxylation is 1. The molecule has 0 aliphatic heterocycles. The molecule has 0 unspecified atom stereocenters. The molecule has 0 aliphatic rings. The molecule has 3 aromatic heterocycles. The van der Waals surface area contributed by atoms with E-state index in [0.29, 0.717) is 4.60 Å². The first-order valence-electron chi connectivity index (χ1n) is 8.65. The molecule has 0 atom stereocenters. The van der Waals surface area contributed by atoms with Crippen LogP contribution in [0.3, 0.4) is 0 Å². The Kier molecular flexibility index (Phi) is 6.14. The minimum Gasteiger partial charge on any atom is -0.470 e. The minimum atomic E-state index is -3.87. The van der Waals surface area contributed by atoms with E-state index < -0.39 is 10.0 Å². The summed E-state index contributed by atoms with van der Waals surface area (Å²) in [6.07, 6.45) is 1.41. The molecule has 3 heterocycles. The second-order valence-electron chi connectivity index (χ2n) is 6.10. The van der Waals surface area contributed by atoms with Crippen LogP contribution in [0.15, 0.2) is 62.9 Å². The third-order valence-electron chi connectivity index (χ3n) is 3.88. The van der Waals surface area contributed by atoms with Crippen LogP contribution in [-0.4, -0.2) is 23.4 Å². The van der Waals surface area contributed by atoms with Crippen molar-refractivity contribution in [3.8, 4) is 16.5 Å². The van der Waals surface area contributed by atoms with Gasteiger partial charge < -0.3 is 4.74 Å². The first-order valence-corrected chi connectivity index (χ1v) is 12.6. The average Bonchev–Trinajstić information content (AvgIpc) is 3.38. The first kappa shape index (κ1) is 20.9. The third-order valence-corrected chi connectivity index (χ3v) is 7.97. The van der Waals surface area contributed by atoms with E-state index in [2.05, 4.69) is 35.6 Å². The summed E-state index contributed by atoms with van der Waals surface area (Å²) in [6, 6.07) is 12.8. The zero-order valence-electron chi connectivity index (χ0n) is 15.6. The molecule has 30 heavy (non-hydrogen) atoms. The number of hydrogen-bond acceptors (Lipinski definition) is 8. The fourth-order valence-electron chi connectivity index (χ4n) is 2.50. The van der Waals surface area contributed by atoms with Crippen molar-refractivity contribution in [3.63, 3.8) is 0 Å². The van der Waals surface area contributed by atoms with E-state index >= 15 is 0 Å². The van der Waals surface area contributed by atoms with Crippen molar-refractivity contribution < 1.29 is 13.2 Å². The molecule has 154 valence electrons. The average molecular weight is 523 g/mol. The molecule has 0 radical (unpaired) electrons. The van der Waals surface area contributed by atoms with Gasteiger partial charge in [0, 0.05) is 5.38 Å². The zero-order chi connectivity index (χ0) is 21.1. The zero-order valence-corrected chi connectivity index (χ0v) is 19.6. The molecule has 4 rings (SSSR count). The first-order chi connectivity index (χ1) is 14.4. The number of halogens is 1. The van der Waals surface area contributed by atoms with Gasteiger partial charge in [0.1, 0.15) is 15.4 Å². The normalized spacial score (nSPS) is 11.4. The lowest BCUT2D eigenvalue weighted by molar-refractivity contribution is 0.294. The van der Waals surface area contributed by atoms with Crippen molar-refractivity contribution in [3.05, 3.63) is 69.2 Å². The molecule has 1 N–H and O–H groups in total. The van der Waals surface area contributed by atoms with Gasteiger partial charge in [-0.05, 0) is 40.5 Å². The Morgan fingerprint density at radius 1 is 1.13 bits per heavy atom. The highest BCUT2D eigenvalue weighted by Gasteiger charge is 2.22. The number of benzene rings is 1. The third kappa shape index (κ3) is 4.86. The standard InChI is InChI=1S/C19H15BrN4O3S3/c1-12-22-14(11-28-12)15-7-8-17(29-15)30(25,26)24-18-19(23-16(20)9-21-18)27-10-13-5-3-2-4-6-13/h2-9,11H,10H2,1H3,(H,21,24). The summed E-state index contributed by atoms with van der Waals surface area (Å²) in [5.41, 5.74) is 1.69. The van der Waals surface area contributed by atoms with E-state index in [-0.39, 0.29) is 22.5 Å². The number of thiophene rings is 1. The predicted octanol–water partition coefficient (Wildman–Crippen LogP) is 5.11. The van der Waals surface area contributed by atoms with Gasteiger partial charge in [0.2, 0.25) is 5.82 Å². The lowest BCUT2D eigenvalue weighted by atomic mass is 10.2.